The lowest BCUT2D eigenvalue weighted by molar-refractivity contribution is 0.311. The Kier molecular flexibility index (Phi) is 4.02. The molecule has 1 fully saturated rings. The maximum absolute atomic E-state index is 8.29. The van der Waals surface area contributed by atoms with Gasteiger partial charge in [0.05, 0.1) is 0 Å². The third-order valence-corrected chi connectivity index (χ3v) is 2.49. The molecular weight excluding hydrogens is 166 g/mol. The minimum Gasteiger partial charge on any atom is -0.409 e. The Morgan fingerprint density at radius 2 is 2.23 bits per heavy atom. The first-order valence-corrected chi connectivity index (χ1v) is 4.90. The van der Waals surface area contributed by atoms with E-state index in [-0.39, 0.29) is 0 Å². The lowest BCUT2D eigenvalue weighted by atomic mass is 10.2. The Morgan fingerprint density at radius 1 is 1.54 bits per heavy atom. The molecule has 0 saturated heterocycles. The van der Waals surface area contributed by atoms with Gasteiger partial charge in [0.15, 0.2) is 0 Å². The SMILES string of the molecule is CN(CCCC/C(N)=N/O)C1CC1. The zero-order chi connectivity index (χ0) is 9.68. The zero-order valence-corrected chi connectivity index (χ0v) is 8.24. The van der Waals surface area contributed by atoms with Gasteiger partial charge in [-0.1, -0.05) is 5.16 Å². The number of amidine groups is 1. The van der Waals surface area contributed by atoms with Crippen LogP contribution in [0.15, 0.2) is 5.16 Å². The highest BCUT2D eigenvalue weighted by Gasteiger charge is 2.25. The maximum atomic E-state index is 8.29. The molecule has 1 rings (SSSR count). The first kappa shape index (κ1) is 10.3. The molecule has 4 heteroatoms. The molecule has 0 aliphatic heterocycles. The van der Waals surface area contributed by atoms with Crippen molar-refractivity contribution in [2.75, 3.05) is 13.6 Å². The summed E-state index contributed by atoms with van der Waals surface area (Å²) in [6, 6.07) is 0.837. The Bertz CT molecular complexity index is 178. The fraction of sp³-hybridized carbons (Fsp3) is 0.889. The van der Waals surface area contributed by atoms with Crippen LogP contribution < -0.4 is 5.73 Å². The van der Waals surface area contributed by atoms with Crippen LogP contribution in [0.4, 0.5) is 0 Å². The third kappa shape index (κ3) is 4.12. The van der Waals surface area contributed by atoms with Crippen molar-refractivity contribution >= 4 is 5.84 Å². The van der Waals surface area contributed by atoms with Gasteiger partial charge < -0.3 is 15.8 Å². The number of rotatable bonds is 6. The van der Waals surface area contributed by atoms with Crippen molar-refractivity contribution in [1.82, 2.24) is 4.90 Å². The Balaban J connectivity index is 1.94. The van der Waals surface area contributed by atoms with Crippen LogP contribution in [0.2, 0.25) is 0 Å². The second-order valence-electron chi connectivity index (χ2n) is 3.76. The fourth-order valence-electron chi connectivity index (χ4n) is 1.42. The summed E-state index contributed by atoms with van der Waals surface area (Å²) < 4.78 is 0. The first-order chi connectivity index (χ1) is 6.24. The van der Waals surface area contributed by atoms with Crippen LogP contribution in [0.25, 0.3) is 0 Å². The number of hydrogen-bond donors (Lipinski definition) is 2. The van der Waals surface area contributed by atoms with Crippen LogP contribution >= 0.6 is 0 Å². The van der Waals surface area contributed by atoms with Crippen molar-refractivity contribution in [2.24, 2.45) is 10.9 Å². The summed E-state index contributed by atoms with van der Waals surface area (Å²) >= 11 is 0. The number of nitrogens with two attached hydrogens (primary N) is 1. The van der Waals surface area contributed by atoms with E-state index in [0.29, 0.717) is 12.3 Å². The molecule has 0 unspecified atom stereocenters. The first-order valence-electron chi connectivity index (χ1n) is 4.90. The second kappa shape index (κ2) is 5.07. The average molecular weight is 185 g/mol. The molecular formula is C9H19N3O. The number of nitrogens with zero attached hydrogens (tertiary/aromatic N) is 2. The van der Waals surface area contributed by atoms with Gasteiger partial charge in [0.2, 0.25) is 0 Å². The standard InChI is InChI=1S/C9H19N3O/c1-12(8-5-6-8)7-3-2-4-9(10)11-13/h8,13H,2-7H2,1H3,(H2,10,11). The monoisotopic (exact) mass is 185 g/mol. The van der Waals surface area contributed by atoms with Gasteiger partial charge in [-0.2, -0.15) is 0 Å². The topological polar surface area (TPSA) is 61.8 Å². The molecule has 0 spiro atoms. The van der Waals surface area contributed by atoms with Crippen molar-refractivity contribution in [3.63, 3.8) is 0 Å². The summed E-state index contributed by atoms with van der Waals surface area (Å²) in [4.78, 5) is 2.40. The van der Waals surface area contributed by atoms with E-state index in [1.807, 2.05) is 0 Å². The van der Waals surface area contributed by atoms with Crippen molar-refractivity contribution in [3.8, 4) is 0 Å². The van der Waals surface area contributed by atoms with Crippen LogP contribution in [0.1, 0.15) is 32.1 Å². The Labute approximate surface area is 79.4 Å². The molecule has 0 radical (unpaired) electrons. The Morgan fingerprint density at radius 3 is 2.77 bits per heavy atom. The van der Waals surface area contributed by atoms with Crippen LogP contribution in [-0.4, -0.2) is 35.6 Å². The zero-order valence-electron chi connectivity index (χ0n) is 8.24. The molecule has 0 aromatic rings. The molecule has 4 nitrogen and oxygen atoms in total. The molecule has 3 N–H and O–H groups in total. The lowest BCUT2D eigenvalue weighted by Crippen LogP contribution is -2.22. The predicted octanol–water partition coefficient (Wildman–Crippen LogP) is 0.997. The van der Waals surface area contributed by atoms with Gasteiger partial charge in [-0.05, 0) is 39.3 Å². The third-order valence-electron chi connectivity index (χ3n) is 2.49. The van der Waals surface area contributed by atoms with E-state index in [1.165, 1.54) is 12.8 Å². The fourth-order valence-corrected chi connectivity index (χ4v) is 1.42. The molecule has 0 aromatic heterocycles. The summed E-state index contributed by atoms with van der Waals surface area (Å²) in [6.07, 6.45) is 5.55. The van der Waals surface area contributed by atoms with E-state index in [0.717, 1.165) is 25.4 Å². The highest BCUT2D eigenvalue weighted by molar-refractivity contribution is 5.79. The van der Waals surface area contributed by atoms with Gasteiger partial charge in [-0.15, -0.1) is 0 Å². The van der Waals surface area contributed by atoms with Crippen LogP contribution in [0, 0.1) is 0 Å². The molecule has 0 aromatic carbocycles. The van der Waals surface area contributed by atoms with E-state index in [1.54, 1.807) is 0 Å². The molecule has 0 atom stereocenters. The van der Waals surface area contributed by atoms with Gasteiger partial charge >= 0.3 is 0 Å². The maximum Gasteiger partial charge on any atom is 0.139 e. The Hall–Kier alpha value is -0.770. The van der Waals surface area contributed by atoms with Gasteiger partial charge in [0.1, 0.15) is 5.84 Å². The van der Waals surface area contributed by atoms with E-state index in [2.05, 4.69) is 17.1 Å². The molecule has 0 heterocycles. The molecule has 1 aliphatic rings. The second-order valence-corrected chi connectivity index (χ2v) is 3.76. The molecule has 1 saturated carbocycles. The molecule has 0 bridgehead atoms. The minimum absolute atomic E-state index is 0.342. The summed E-state index contributed by atoms with van der Waals surface area (Å²) in [6.45, 7) is 1.13. The molecule has 13 heavy (non-hydrogen) atoms. The van der Waals surface area contributed by atoms with Crippen molar-refractivity contribution in [1.29, 1.82) is 0 Å². The van der Waals surface area contributed by atoms with Crippen LogP contribution in [-0.2, 0) is 0 Å². The number of unbranched alkanes of at least 4 members (excludes halogenated alkanes) is 1. The van der Waals surface area contributed by atoms with Crippen LogP contribution in [0.3, 0.4) is 0 Å². The van der Waals surface area contributed by atoms with Crippen molar-refractivity contribution < 1.29 is 5.21 Å². The highest BCUT2D eigenvalue weighted by Crippen LogP contribution is 2.25. The lowest BCUT2D eigenvalue weighted by Gasteiger charge is -2.14. The van der Waals surface area contributed by atoms with Gasteiger partial charge in [0, 0.05) is 12.5 Å². The van der Waals surface area contributed by atoms with E-state index in [4.69, 9.17) is 10.9 Å². The quantitative estimate of drug-likeness (QED) is 0.213. The normalized spacial score (nSPS) is 18.2. The molecule has 1 aliphatic carbocycles. The van der Waals surface area contributed by atoms with Gasteiger partial charge in [0.25, 0.3) is 0 Å². The minimum atomic E-state index is 0.342. The summed E-state index contributed by atoms with van der Waals surface area (Å²) in [5.74, 6) is 0.342. The number of hydrogen-bond acceptors (Lipinski definition) is 3. The van der Waals surface area contributed by atoms with E-state index in [9.17, 15) is 0 Å². The van der Waals surface area contributed by atoms with E-state index < -0.39 is 0 Å². The van der Waals surface area contributed by atoms with Crippen LogP contribution in [0.5, 0.6) is 0 Å². The summed E-state index contributed by atoms with van der Waals surface area (Å²) in [5.41, 5.74) is 5.35. The summed E-state index contributed by atoms with van der Waals surface area (Å²) in [5, 5.41) is 11.2. The van der Waals surface area contributed by atoms with Gasteiger partial charge in [-0.3, -0.25) is 0 Å². The smallest absolute Gasteiger partial charge is 0.139 e. The van der Waals surface area contributed by atoms with Gasteiger partial charge in [-0.25, -0.2) is 0 Å². The van der Waals surface area contributed by atoms with Crippen molar-refractivity contribution in [3.05, 3.63) is 0 Å². The summed E-state index contributed by atoms with van der Waals surface area (Å²) in [7, 11) is 2.17. The number of oxime groups is 1. The predicted molar refractivity (Wildman–Crippen MR) is 52.9 cm³/mol. The largest absolute Gasteiger partial charge is 0.409 e. The molecule has 0 amide bonds. The molecule has 76 valence electrons. The average Bonchev–Trinajstić information content (AvgIpc) is 2.94. The van der Waals surface area contributed by atoms with Crippen molar-refractivity contribution in [2.45, 2.75) is 38.1 Å². The highest BCUT2D eigenvalue weighted by atomic mass is 16.4. The van der Waals surface area contributed by atoms with E-state index >= 15 is 0 Å².